The Balaban J connectivity index is 1.91. The number of aliphatic imine (C=N–C) groups is 1. The van der Waals surface area contributed by atoms with Crippen LogP contribution in [0.1, 0.15) is 0 Å². The minimum absolute atomic E-state index is 0.166. The number of carbonyl (C=O) groups is 2. The van der Waals surface area contributed by atoms with Crippen LogP contribution in [0.5, 0.6) is 0 Å². The van der Waals surface area contributed by atoms with Crippen molar-refractivity contribution in [3.63, 3.8) is 0 Å². The summed E-state index contributed by atoms with van der Waals surface area (Å²) in [4.78, 5) is 31.4. The zero-order valence-corrected chi connectivity index (χ0v) is 16.0. The number of nitrogens with one attached hydrogen (secondary N) is 1. The lowest BCUT2D eigenvalue weighted by atomic mass is 10.3. The lowest BCUT2D eigenvalue weighted by molar-refractivity contribution is -0.111. The number of nitrogens with zero attached hydrogens (tertiary/aromatic N) is 3. The first kappa shape index (κ1) is 20.0. The number of benzene rings is 2. The number of amidine groups is 1. The van der Waals surface area contributed by atoms with Crippen molar-refractivity contribution in [1.29, 1.82) is 0 Å². The summed E-state index contributed by atoms with van der Waals surface area (Å²) in [7, 11) is 1.37. The van der Waals surface area contributed by atoms with E-state index in [4.69, 9.17) is 23.2 Å². The van der Waals surface area contributed by atoms with Gasteiger partial charge in [0.05, 0.1) is 22.3 Å². The van der Waals surface area contributed by atoms with Crippen molar-refractivity contribution in [1.82, 2.24) is 4.90 Å². The molecule has 10 heteroatoms. The SMILES string of the molecule is CN1C(=O)N(c2ccccc2Cl)C(=O)C1=NC(CCl)Nc1cccc(F)c1F. The van der Waals surface area contributed by atoms with Gasteiger partial charge in [0, 0.05) is 7.05 Å². The number of carbonyl (C=O) groups excluding carboxylic acids is 2. The fourth-order valence-electron chi connectivity index (χ4n) is 2.61. The van der Waals surface area contributed by atoms with Crippen molar-refractivity contribution in [2.24, 2.45) is 4.99 Å². The molecule has 1 aliphatic rings. The van der Waals surface area contributed by atoms with Crippen LogP contribution in [-0.4, -0.2) is 41.8 Å². The van der Waals surface area contributed by atoms with Crippen LogP contribution >= 0.6 is 23.2 Å². The maximum atomic E-state index is 13.9. The molecule has 1 N–H and O–H groups in total. The lowest BCUT2D eigenvalue weighted by Gasteiger charge is -2.15. The molecule has 0 saturated carbocycles. The summed E-state index contributed by atoms with van der Waals surface area (Å²) in [6, 6.07) is 9.30. The lowest BCUT2D eigenvalue weighted by Crippen LogP contribution is -2.31. The smallest absolute Gasteiger partial charge is 0.337 e. The number of amides is 3. The monoisotopic (exact) mass is 426 g/mol. The highest BCUT2D eigenvalue weighted by Gasteiger charge is 2.42. The maximum absolute atomic E-state index is 13.9. The molecule has 1 fully saturated rings. The molecule has 6 nitrogen and oxygen atoms in total. The molecule has 28 heavy (non-hydrogen) atoms. The molecule has 3 rings (SSSR count). The summed E-state index contributed by atoms with van der Waals surface area (Å²) < 4.78 is 27.3. The Labute approximate surface area is 169 Å². The molecular formula is C18H14Cl2F2N4O2. The average molecular weight is 427 g/mol. The molecule has 1 atom stereocenters. The molecule has 1 saturated heterocycles. The largest absolute Gasteiger partial charge is 0.360 e. The summed E-state index contributed by atoms with van der Waals surface area (Å²) in [6.07, 6.45) is -0.988. The Morgan fingerprint density at radius 3 is 2.54 bits per heavy atom. The van der Waals surface area contributed by atoms with Crippen LogP contribution in [0.3, 0.4) is 0 Å². The number of halogens is 4. The van der Waals surface area contributed by atoms with Crippen molar-refractivity contribution in [2.45, 2.75) is 6.17 Å². The third kappa shape index (κ3) is 3.65. The highest BCUT2D eigenvalue weighted by Crippen LogP contribution is 2.29. The van der Waals surface area contributed by atoms with Gasteiger partial charge in [-0.2, -0.15) is 0 Å². The fourth-order valence-corrected chi connectivity index (χ4v) is 2.97. The van der Waals surface area contributed by atoms with Gasteiger partial charge in [0.1, 0.15) is 6.17 Å². The van der Waals surface area contributed by atoms with E-state index in [1.807, 2.05) is 0 Å². The molecule has 1 heterocycles. The van der Waals surface area contributed by atoms with Gasteiger partial charge in [-0.05, 0) is 24.3 Å². The van der Waals surface area contributed by atoms with Crippen molar-refractivity contribution in [3.8, 4) is 0 Å². The minimum Gasteiger partial charge on any atom is -0.360 e. The highest BCUT2D eigenvalue weighted by atomic mass is 35.5. The second-order valence-corrected chi connectivity index (χ2v) is 6.52. The van der Waals surface area contributed by atoms with Crippen LogP contribution in [0.25, 0.3) is 0 Å². The zero-order valence-electron chi connectivity index (χ0n) is 14.5. The van der Waals surface area contributed by atoms with Crippen LogP contribution in [0.15, 0.2) is 47.5 Å². The van der Waals surface area contributed by atoms with Gasteiger partial charge in [0.25, 0.3) is 0 Å². The third-order valence-corrected chi connectivity index (χ3v) is 4.59. The Bertz CT molecular complexity index is 970. The van der Waals surface area contributed by atoms with Crippen LogP contribution in [0, 0.1) is 11.6 Å². The van der Waals surface area contributed by atoms with Gasteiger partial charge in [-0.25, -0.2) is 23.5 Å². The number of imide groups is 1. The van der Waals surface area contributed by atoms with Crippen molar-refractivity contribution in [3.05, 3.63) is 59.1 Å². The van der Waals surface area contributed by atoms with Gasteiger partial charge in [-0.15, -0.1) is 11.6 Å². The van der Waals surface area contributed by atoms with Crippen LogP contribution in [0.4, 0.5) is 25.0 Å². The molecule has 1 aliphatic heterocycles. The van der Waals surface area contributed by atoms with Gasteiger partial charge in [-0.3, -0.25) is 9.69 Å². The molecule has 146 valence electrons. The Morgan fingerprint density at radius 1 is 1.14 bits per heavy atom. The van der Waals surface area contributed by atoms with E-state index in [2.05, 4.69) is 10.3 Å². The van der Waals surface area contributed by atoms with Gasteiger partial charge < -0.3 is 5.32 Å². The number of hydrogen-bond donors (Lipinski definition) is 1. The third-order valence-electron chi connectivity index (χ3n) is 3.98. The number of hydrogen-bond acceptors (Lipinski definition) is 4. The van der Waals surface area contributed by atoms with Crippen molar-refractivity contribution < 1.29 is 18.4 Å². The normalized spacial score (nSPS) is 16.8. The summed E-state index contributed by atoms with van der Waals surface area (Å²) in [6.45, 7) is 0. The van der Waals surface area contributed by atoms with Gasteiger partial charge in [0.15, 0.2) is 11.6 Å². The molecule has 2 aromatic carbocycles. The first-order chi connectivity index (χ1) is 13.3. The number of rotatable bonds is 5. The quantitative estimate of drug-likeness (QED) is 0.578. The summed E-state index contributed by atoms with van der Waals surface area (Å²) in [5.74, 6) is -3.23. The Kier molecular flexibility index (Phi) is 5.81. The van der Waals surface area contributed by atoms with Crippen LogP contribution < -0.4 is 10.2 Å². The molecule has 1 unspecified atom stereocenters. The molecule has 0 aliphatic carbocycles. The average Bonchev–Trinajstić information content (AvgIpc) is 2.88. The number of anilines is 2. The van der Waals surface area contributed by atoms with Gasteiger partial charge in [0.2, 0.25) is 5.84 Å². The molecule has 0 bridgehead atoms. The van der Waals surface area contributed by atoms with E-state index >= 15 is 0 Å². The molecule has 2 aromatic rings. The minimum atomic E-state index is -1.10. The van der Waals surface area contributed by atoms with Gasteiger partial charge >= 0.3 is 11.9 Å². The first-order valence-electron chi connectivity index (χ1n) is 8.06. The second-order valence-electron chi connectivity index (χ2n) is 5.80. The van der Waals surface area contributed by atoms with Gasteiger partial charge in [-0.1, -0.05) is 29.8 Å². The van der Waals surface area contributed by atoms with Crippen LogP contribution in [-0.2, 0) is 4.79 Å². The predicted octanol–water partition coefficient (Wildman–Crippen LogP) is 4.09. The first-order valence-corrected chi connectivity index (χ1v) is 8.97. The Morgan fingerprint density at radius 2 is 1.86 bits per heavy atom. The number of likely N-dealkylation sites (N-methyl/N-ethyl adjacent to an activating group) is 1. The maximum Gasteiger partial charge on any atom is 0.337 e. The standard InChI is InChI=1S/C18H14Cl2F2N4O2/c1-25-16(17(27)26(18(25)28)13-8-3-2-5-10(13)20)24-14(9-19)23-12-7-4-6-11(21)15(12)22/h2-8,14,23H,9H2,1H3. The number of alkyl halides is 1. The summed E-state index contributed by atoms with van der Waals surface area (Å²) in [5, 5.41) is 2.83. The molecule has 0 aromatic heterocycles. The van der Waals surface area contributed by atoms with E-state index < -0.39 is 29.7 Å². The predicted molar refractivity (Wildman–Crippen MR) is 104 cm³/mol. The topological polar surface area (TPSA) is 65.0 Å². The molecule has 0 radical (unpaired) electrons. The zero-order chi connectivity index (χ0) is 20.4. The molecule has 3 amide bonds. The highest BCUT2D eigenvalue weighted by molar-refractivity contribution is 6.55. The van der Waals surface area contributed by atoms with Crippen molar-refractivity contribution in [2.75, 3.05) is 23.1 Å². The van der Waals surface area contributed by atoms with E-state index in [1.165, 1.54) is 25.2 Å². The van der Waals surface area contributed by atoms with E-state index in [-0.39, 0.29) is 28.1 Å². The number of para-hydroxylation sites is 1. The van der Waals surface area contributed by atoms with E-state index in [0.29, 0.717) is 0 Å². The van der Waals surface area contributed by atoms with E-state index in [0.717, 1.165) is 15.9 Å². The summed E-state index contributed by atoms with van der Waals surface area (Å²) >= 11 is 12.0. The number of urea groups is 1. The molecular weight excluding hydrogens is 413 g/mol. The Hall–Kier alpha value is -2.71. The van der Waals surface area contributed by atoms with E-state index in [1.54, 1.807) is 18.2 Å². The summed E-state index contributed by atoms with van der Waals surface area (Å²) in [5.41, 5.74) is 0.0418. The second kappa shape index (κ2) is 8.12. The fraction of sp³-hybridized carbons (Fsp3) is 0.167. The van der Waals surface area contributed by atoms with E-state index in [9.17, 15) is 18.4 Å². The van der Waals surface area contributed by atoms with Crippen LogP contribution in [0.2, 0.25) is 5.02 Å². The van der Waals surface area contributed by atoms with Crippen molar-refractivity contribution >= 4 is 52.4 Å². The molecule has 0 spiro atoms.